The van der Waals surface area contributed by atoms with Gasteiger partial charge in [0.25, 0.3) is 0 Å². The van der Waals surface area contributed by atoms with E-state index < -0.39 is 0 Å². The monoisotopic (exact) mass is 127 g/mol. The molecular formula is C8H17N. The van der Waals surface area contributed by atoms with Crippen molar-refractivity contribution in [1.29, 1.82) is 0 Å². The van der Waals surface area contributed by atoms with E-state index in [2.05, 4.69) is 19.1 Å². The highest BCUT2D eigenvalue weighted by molar-refractivity contribution is 4.98. The summed E-state index contributed by atoms with van der Waals surface area (Å²) in [6.45, 7) is 6.16. The summed E-state index contributed by atoms with van der Waals surface area (Å²) in [6, 6.07) is 0. The molecule has 0 heterocycles. The Morgan fingerprint density at radius 2 is 2.00 bits per heavy atom. The molecule has 0 aliphatic heterocycles. The van der Waals surface area contributed by atoms with E-state index in [9.17, 15) is 0 Å². The Morgan fingerprint density at radius 3 is 2.33 bits per heavy atom. The molecule has 0 rings (SSSR count). The van der Waals surface area contributed by atoms with Crippen LogP contribution < -0.4 is 5.73 Å². The molecule has 0 saturated heterocycles. The Labute approximate surface area is 57.9 Å². The number of hydrogen-bond donors (Lipinski definition) is 1. The second-order valence-corrected chi connectivity index (χ2v) is 3.01. The average Bonchev–Trinajstić information content (AvgIpc) is 1.63. The van der Waals surface area contributed by atoms with Gasteiger partial charge in [0.2, 0.25) is 0 Å². The molecule has 9 heavy (non-hydrogen) atoms. The minimum atomic E-state index is -0.130. The van der Waals surface area contributed by atoms with Crippen LogP contribution in [-0.2, 0) is 0 Å². The zero-order chi connectivity index (χ0) is 7.33. The van der Waals surface area contributed by atoms with E-state index in [1.165, 1.54) is 6.42 Å². The molecule has 2 N–H and O–H groups in total. The first kappa shape index (κ1) is 8.70. The molecule has 0 saturated carbocycles. The Hall–Kier alpha value is -0.300. The number of unbranched alkanes of at least 4 members (excludes halogenated alkanes) is 1. The fourth-order valence-electron chi connectivity index (χ4n) is 0.554. The lowest BCUT2D eigenvalue weighted by Gasteiger charge is -2.10. The number of nitrogens with two attached hydrogens (primary N) is 1. The second kappa shape index (κ2) is 3.67. The third-order valence-corrected chi connectivity index (χ3v) is 1.00. The van der Waals surface area contributed by atoms with Crippen LogP contribution in [0.25, 0.3) is 0 Å². The van der Waals surface area contributed by atoms with Crippen LogP contribution in [0.2, 0.25) is 0 Å². The molecular weight excluding hydrogens is 110 g/mol. The van der Waals surface area contributed by atoms with Crippen LogP contribution in [-0.4, -0.2) is 5.54 Å². The molecule has 0 fully saturated rings. The fraction of sp³-hybridized carbons (Fsp3) is 0.750. The molecule has 0 spiro atoms. The first-order chi connectivity index (χ1) is 4.06. The van der Waals surface area contributed by atoms with E-state index in [0.717, 1.165) is 6.42 Å². The van der Waals surface area contributed by atoms with E-state index in [1.54, 1.807) is 0 Å². The van der Waals surface area contributed by atoms with Crippen molar-refractivity contribution in [2.24, 2.45) is 5.73 Å². The summed E-state index contributed by atoms with van der Waals surface area (Å²) >= 11 is 0. The largest absolute Gasteiger partial charge is 0.322 e. The van der Waals surface area contributed by atoms with Crippen LogP contribution in [0.4, 0.5) is 0 Å². The standard InChI is InChI=1S/C8H17N/c1-4-5-6-7-8(2,3)9/h6-7H,4-5,9H2,1-3H3/b7-6+. The van der Waals surface area contributed by atoms with E-state index in [1.807, 2.05) is 13.8 Å². The van der Waals surface area contributed by atoms with Crippen molar-refractivity contribution in [3.63, 3.8) is 0 Å². The predicted octanol–water partition coefficient (Wildman–Crippen LogP) is 2.08. The van der Waals surface area contributed by atoms with Crippen LogP contribution in [0.5, 0.6) is 0 Å². The van der Waals surface area contributed by atoms with Gasteiger partial charge < -0.3 is 5.73 Å². The van der Waals surface area contributed by atoms with Gasteiger partial charge in [0.15, 0.2) is 0 Å². The summed E-state index contributed by atoms with van der Waals surface area (Å²) in [5.74, 6) is 0. The molecule has 0 aromatic carbocycles. The molecule has 0 unspecified atom stereocenters. The van der Waals surface area contributed by atoms with Crippen molar-refractivity contribution in [3.8, 4) is 0 Å². The van der Waals surface area contributed by atoms with Gasteiger partial charge in [-0.25, -0.2) is 0 Å². The summed E-state index contributed by atoms with van der Waals surface area (Å²) in [4.78, 5) is 0. The highest BCUT2D eigenvalue weighted by Gasteiger charge is 2.01. The lowest BCUT2D eigenvalue weighted by molar-refractivity contribution is 0.650. The van der Waals surface area contributed by atoms with Gasteiger partial charge in [-0.3, -0.25) is 0 Å². The zero-order valence-corrected chi connectivity index (χ0v) is 6.65. The maximum absolute atomic E-state index is 5.69. The van der Waals surface area contributed by atoms with E-state index in [0.29, 0.717) is 0 Å². The summed E-state index contributed by atoms with van der Waals surface area (Å²) in [5.41, 5.74) is 5.56. The number of allylic oxidation sites excluding steroid dienone is 1. The van der Waals surface area contributed by atoms with E-state index >= 15 is 0 Å². The van der Waals surface area contributed by atoms with Crippen molar-refractivity contribution in [1.82, 2.24) is 0 Å². The molecule has 0 aliphatic rings. The zero-order valence-electron chi connectivity index (χ0n) is 6.65. The Morgan fingerprint density at radius 1 is 1.44 bits per heavy atom. The van der Waals surface area contributed by atoms with E-state index in [4.69, 9.17) is 5.73 Å². The minimum Gasteiger partial charge on any atom is -0.322 e. The maximum Gasteiger partial charge on any atom is 0.0281 e. The van der Waals surface area contributed by atoms with E-state index in [-0.39, 0.29) is 5.54 Å². The molecule has 0 aliphatic carbocycles. The molecule has 0 atom stereocenters. The van der Waals surface area contributed by atoms with Crippen LogP contribution in [0.3, 0.4) is 0 Å². The molecule has 0 amide bonds. The van der Waals surface area contributed by atoms with Crippen molar-refractivity contribution in [3.05, 3.63) is 12.2 Å². The van der Waals surface area contributed by atoms with Gasteiger partial charge in [0, 0.05) is 5.54 Å². The number of hydrogen-bond acceptors (Lipinski definition) is 1. The van der Waals surface area contributed by atoms with Crippen LogP contribution in [0.1, 0.15) is 33.6 Å². The van der Waals surface area contributed by atoms with Crippen molar-refractivity contribution >= 4 is 0 Å². The summed E-state index contributed by atoms with van der Waals surface area (Å²) in [7, 11) is 0. The van der Waals surface area contributed by atoms with Gasteiger partial charge in [-0.1, -0.05) is 25.5 Å². The van der Waals surface area contributed by atoms with Crippen LogP contribution >= 0.6 is 0 Å². The van der Waals surface area contributed by atoms with Gasteiger partial charge in [0.05, 0.1) is 0 Å². The first-order valence-electron chi connectivity index (χ1n) is 3.53. The lowest BCUT2D eigenvalue weighted by Crippen LogP contribution is -2.28. The molecule has 0 bridgehead atoms. The Bertz CT molecular complexity index is 87.2. The van der Waals surface area contributed by atoms with Gasteiger partial charge >= 0.3 is 0 Å². The van der Waals surface area contributed by atoms with Crippen molar-refractivity contribution in [2.75, 3.05) is 0 Å². The SMILES string of the molecule is CCC/C=C/C(C)(C)N. The molecule has 0 aromatic rings. The predicted molar refractivity (Wildman–Crippen MR) is 42.3 cm³/mol. The van der Waals surface area contributed by atoms with Gasteiger partial charge in [-0.2, -0.15) is 0 Å². The summed E-state index contributed by atoms with van der Waals surface area (Å²) < 4.78 is 0. The summed E-state index contributed by atoms with van der Waals surface area (Å²) in [6.07, 6.45) is 6.53. The van der Waals surface area contributed by atoms with Gasteiger partial charge in [-0.15, -0.1) is 0 Å². The molecule has 1 heteroatoms. The quantitative estimate of drug-likeness (QED) is 0.577. The van der Waals surface area contributed by atoms with Crippen LogP contribution in [0, 0.1) is 0 Å². The molecule has 54 valence electrons. The average molecular weight is 127 g/mol. The first-order valence-corrected chi connectivity index (χ1v) is 3.53. The van der Waals surface area contributed by atoms with Crippen molar-refractivity contribution < 1.29 is 0 Å². The minimum absolute atomic E-state index is 0.130. The molecule has 0 aromatic heterocycles. The van der Waals surface area contributed by atoms with Crippen LogP contribution in [0.15, 0.2) is 12.2 Å². The molecule has 1 nitrogen and oxygen atoms in total. The Kier molecular flexibility index (Phi) is 3.55. The lowest BCUT2D eigenvalue weighted by atomic mass is 10.1. The smallest absolute Gasteiger partial charge is 0.0281 e. The summed E-state index contributed by atoms with van der Waals surface area (Å²) in [5, 5.41) is 0. The highest BCUT2D eigenvalue weighted by atomic mass is 14.7. The third-order valence-electron chi connectivity index (χ3n) is 1.00. The maximum atomic E-state index is 5.69. The Balaban J connectivity index is 3.45. The van der Waals surface area contributed by atoms with Crippen molar-refractivity contribution in [2.45, 2.75) is 39.2 Å². The molecule has 0 radical (unpaired) electrons. The highest BCUT2D eigenvalue weighted by Crippen LogP contribution is 1.99. The second-order valence-electron chi connectivity index (χ2n) is 3.01. The normalized spacial score (nSPS) is 12.9. The number of rotatable bonds is 3. The van der Waals surface area contributed by atoms with Gasteiger partial charge in [0.1, 0.15) is 0 Å². The van der Waals surface area contributed by atoms with Gasteiger partial charge in [-0.05, 0) is 20.3 Å². The third kappa shape index (κ3) is 7.70. The topological polar surface area (TPSA) is 26.0 Å². The fourth-order valence-corrected chi connectivity index (χ4v) is 0.554.